The predicted molar refractivity (Wildman–Crippen MR) is 159 cm³/mol. The van der Waals surface area contributed by atoms with Crippen LogP contribution in [0.4, 0.5) is 10.5 Å². The first kappa shape index (κ1) is 32.8. The number of halogens is 1. The molecule has 0 aliphatic carbocycles. The number of ether oxygens (including phenoxy) is 5. The van der Waals surface area contributed by atoms with Crippen LogP contribution >= 0.6 is 11.6 Å². The number of methoxy groups -OCH3 is 2. The number of rotatable bonds is 4. The first-order valence-corrected chi connectivity index (χ1v) is 14.7. The van der Waals surface area contributed by atoms with Crippen LogP contribution in [0.2, 0.25) is 5.02 Å². The second-order valence-electron chi connectivity index (χ2n) is 12.0. The van der Waals surface area contributed by atoms with E-state index in [-0.39, 0.29) is 17.9 Å². The summed E-state index contributed by atoms with van der Waals surface area (Å²) in [5, 5.41) is 17.2. The van der Waals surface area contributed by atoms with E-state index in [9.17, 15) is 19.5 Å². The summed E-state index contributed by atoms with van der Waals surface area (Å²) in [6.45, 7) is 8.91. The molecule has 2 amide bonds. The Bertz CT molecular complexity index is 1310. The van der Waals surface area contributed by atoms with Gasteiger partial charge in [-0.1, -0.05) is 56.2 Å². The fourth-order valence-electron chi connectivity index (χ4n) is 5.68. The van der Waals surface area contributed by atoms with E-state index < -0.39 is 65.5 Å². The number of alkyl carbamates (subject to hydrolysis) is 1. The number of amides is 2. The number of allylic oxidation sites excluding steroid dienone is 3. The van der Waals surface area contributed by atoms with Crippen molar-refractivity contribution in [3.63, 3.8) is 0 Å². The highest BCUT2D eigenvalue weighted by molar-refractivity contribution is 6.35. The molecule has 1 aromatic carbocycles. The molecule has 12 heteroatoms. The van der Waals surface area contributed by atoms with Crippen LogP contribution in [-0.2, 0) is 35.0 Å². The number of aliphatic hydroxyl groups is 1. The van der Waals surface area contributed by atoms with E-state index in [0.717, 1.165) is 11.1 Å². The van der Waals surface area contributed by atoms with Gasteiger partial charge in [-0.15, -0.1) is 0 Å². The second-order valence-corrected chi connectivity index (χ2v) is 12.4. The summed E-state index contributed by atoms with van der Waals surface area (Å²) in [5.74, 6) is -1.41. The monoisotopic (exact) mass is 620 g/mol. The van der Waals surface area contributed by atoms with Crippen LogP contribution in [0.15, 0.2) is 35.9 Å². The van der Waals surface area contributed by atoms with E-state index in [4.69, 9.17) is 35.3 Å². The van der Waals surface area contributed by atoms with Crippen molar-refractivity contribution < 1.29 is 43.2 Å². The Morgan fingerprint density at radius 1 is 1.23 bits per heavy atom. The SMILES string of the molecule is COc1cc2cc(c1Cl)NC(=O)C[C@H](OC(=O)C(C)C)[C@]1(C)O[C@H]1[C@H](C)[C@@H]1C[C@@](O)(NC(=O)O1)[C@H](OC)/C=C/C=C(\C)C2. The van der Waals surface area contributed by atoms with Crippen LogP contribution in [0, 0.1) is 11.8 Å². The Balaban J connectivity index is 1.76. The van der Waals surface area contributed by atoms with Crippen LogP contribution in [0.25, 0.3) is 0 Å². The lowest BCUT2D eigenvalue weighted by molar-refractivity contribution is -0.157. The molecule has 2 fully saturated rings. The van der Waals surface area contributed by atoms with Gasteiger partial charge in [0.05, 0.1) is 31.2 Å². The standard InChI is InChI=1S/C31H41ClN2O9/c1-16(2)28(36)42-24-14-25(35)33-20-12-19(13-21(39-6)26(20)32)11-17(3)9-8-10-23(40-7)31(38)15-22(41-29(37)34-31)18(4)27-30(24,5)43-27/h8-10,12-13,16,18,22-24,27,38H,11,14-15H2,1-7H3,(H,33,35)(H,34,37)/b10-8+,17-9+/t18-,22+,23-,24+,27+,30+,31+/m1/s1. The molecule has 236 valence electrons. The van der Waals surface area contributed by atoms with Gasteiger partial charge in [-0.25, -0.2) is 4.79 Å². The molecule has 7 atom stereocenters. The van der Waals surface area contributed by atoms with Crippen molar-refractivity contribution in [1.82, 2.24) is 5.32 Å². The van der Waals surface area contributed by atoms with Crippen molar-refractivity contribution in [2.75, 3.05) is 19.5 Å². The van der Waals surface area contributed by atoms with Crippen LogP contribution in [0.3, 0.4) is 0 Å². The zero-order chi connectivity index (χ0) is 31.7. The first-order valence-electron chi connectivity index (χ1n) is 14.3. The topological polar surface area (TPSA) is 145 Å². The summed E-state index contributed by atoms with van der Waals surface area (Å²) < 4.78 is 28.6. The zero-order valence-corrected chi connectivity index (χ0v) is 26.3. The van der Waals surface area contributed by atoms with Crippen LogP contribution in [0.1, 0.15) is 53.0 Å². The van der Waals surface area contributed by atoms with E-state index in [0.29, 0.717) is 17.9 Å². The van der Waals surface area contributed by atoms with E-state index in [2.05, 4.69) is 10.6 Å². The number of hydrogen-bond donors (Lipinski definition) is 3. The summed E-state index contributed by atoms with van der Waals surface area (Å²) in [7, 11) is 2.94. The molecule has 4 bridgehead atoms. The molecule has 0 spiro atoms. The van der Waals surface area contributed by atoms with E-state index in [1.807, 2.05) is 19.9 Å². The van der Waals surface area contributed by atoms with E-state index >= 15 is 0 Å². The first-order chi connectivity index (χ1) is 20.2. The summed E-state index contributed by atoms with van der Waals surface area (Å²) in [6, 6.07) is 3.56. The lowest BCUT2D eigenvalue weighted by Gasteiger charge is -2.42. The molecule has 1 aromatic rings. The molecule has 2 saturated heterocycles. The molecule has 4 rings (SSSR count). The van der Waals surface area contributed by atoms with Gasteiger partial charge in [0, 0.05) is 19.4 Å². The highest BCUT2D eigenvalue weighted by Crippen LogP contribution is 2.49. The number of anilines is 1. The van der Waals surface area contributed by atoms with Crippen LogP contribution in [-0.4, -0.2) is 73.0 Å². The highest BCUT2D eigenvalue weighted by Gasteiger charge is 2.64. The lowest BCUT2D eigenvalue weighted by Crippen LogP contribution is -2.63. The van der Waals surface area contributed by atoms with Gasteiger partial charge in [-0.3, -0.25) is 14.9 Å². The molecule has 43 heavy (non-hydrogen) atoms. The number of carbonyl (C=O) groups is 3. The number of esters is 1. The summed E-state index contributed by atoms with van der Waals surface area (Å²) in [6.07, 6.45) is 1.59. The van der Waals surface area contributed by atoms with Crippen molar-refractivity contribution in [2.45, 2.75) is 89.6 Å². The molecular weight excluding hydrogens is 580 g/mol. The highest BCUT2D eigenvalue weighted by atomic mass is 35.5. The molecule has 3 heterocycles. The van der Waals surface area contributed by atoms with Gasteiger partial charge in [-0.05, 0) is 38.0 Å². The number of hydrogen-bond acceptors (Lipinski definition) is 9. The normalized spacial score (nSPS) is 34.9. The number of epoxide rings is 1. The van der Waals surface area contributed by atoms with Crippen molar-refractivity contribution in [2.24, 2.45) is 11.8 Å². The summed E-state index contributed by atoms with van der Waals surface area (Å²) in [4.78, 5) is 38.8. The third-order valence-corrected chi connectivity index (χ3v) is 8.64. The average Bonchev–Trinajstić information content (AvgIpc) is 3.63. The smallest absolute Gasteiger partial charge is 0.409 e. The second kappa shape index (κ2) is 12.9. The minimum absolute atomic E-state index is 0.00243. The Kier molecular flexibility index (Phi) is 9.80. The number of benzene rings is 1. The van der Waals surface area contributed by atoms with Gasteiger partial charge >= 0.3 is 12.1 Å². The van der Waals surface area contributed by atoms with Crippen molar-refractivity contribution >= 4 is 35.3 Å². The third kappa shape index (κ3) is 7.17. The van der Waals surface area contributed by atoms with E-state index in [1.54, 1.807) is 45.1 Å². The Morgan fingerprint density at radius 3 is 2.60 bits per heavy atom. The zero-order valence-electron chi connectivity index (χ0n) is 25.6. The van der Waals surface area contributed by atoms with Gasteiger partial charge in [0.1, 0.15) is 34.7 Å². The summed E-state index contributed by atoms with van der Waals surface area (Å²) in [5.41, 5.74) is -0.698. The van der Waals surface area contributed by atoms with Gasteiger partial charge in [0.2, 0.25) is 5.91 Å². The Morgan fingerprint density at radius 2 is 1.95 bits per heavy atom. The quantitative estimate of drug-likeness (QED) is 0.331. The molecule has 3 N–H and O–H groups in total. The Labute approximate surface area is 256 Å². The number of carbonyl (C=O) groups excluding carboxylic acids is 3. The maximum absolute atomic E-state index is 13.4. The lowest BCUT2D eigenvalue weighted by atomic mass is 9.83. The predicted octanol–water partition coefficient (Wildman–Crippen LogP) is 4.30. The fourth-order valence-corrected chi connectivity index (χ4v) is 5.92. The third-order valence-electron chi connectivity index (χ3n) is 8.25. The van der Waals surface area contributed by atoms with Crippen LogP contribution in [0.5, 0.6) is 5.75 Å². The van der Waals surface area contributed by atoms with Crippen LogP contribution < -0.4 is 15.4 Å². The minimum Gasteiger partial charge on any atom is -0.495 e. The molecule has 3 aliphatic heterocycles. The van der Waals surface area contributed by atoms with Gasteiger partial charge < -0.3 is 34.1 Å². The average molecular weight is 621 g/mol. The molecule has 0 radical (unpaired) electrons. The maximum Gasteiger partial charge on any atom is 0.409 e. The number of nitrogens with one attached hydrogen (secondary N) is 2. The maximum atomic E-state index is 13.4. The summed E-state index contributed by atoms with van der Waals surface area (Å²) >= 11 is 6.57. The Hall–Kier alpha value is -3.12. The fraction of sp³-hybridized carbons (Fsp3) is 0.581. The van der Waals surface area contributed by atoms with Gasteiger partial charge in [0.15, 0.2) is 5.72 Å². The molecule has 0 saturated carbocycles. The largest absolute Gasteiger partial charge is 0.495 e. The molecule has 3 aliphatic rings. The van der Waals surface area contributed by atoms with Crippen molar-refractivity contribution in [3.8, 4) is 5.75 Å². The molecule has 0 unspecified atom stereocenters. The van der Waals surface area contributed by atoms with Gasteiger partial charge in [0.25, 0.3) is 0 Å². The molecular formula is C31H41ClN2O9. The van der Waals surface area contributed by atoms with Crippen molar-refractivity contribution in [3.05, 3.63) is 46.5 Å². The van der Waals surface area contributed by atoms with Crippen molar-refractivity contribution in [1.29, 1.82) is 0 Å². The minimum atomic E-state index is -1.77. The molecule has 11 nitrogen and oxygen atoms in total. The molecule has 0 aromatic heterocycles. The van der Waals surface area contributed by atoms with Gasteiger partial charge in [-0.2, -0.15) is 0 Å². The number of fused-ring (bicyclic) bond motifs is 5. The van der Waals surface area contributed by atoms with E-state index in [1.165, 1.54) is 14.2 Å².